The monoisotopic (exact) mass is 398 g/mol. The van der Waals surface area contributed by atoms with Gasteiger partial charge in [0.2, 0.25) is 0 Å². The molecule has 2 aromatic carbocycles. The third-order valence-corrected chi connectivity index (χ3v) is 4.82. The molecule has 156 valence electrons. The zero-order valence-corrected chi connectivity index (χ0v) is 17.8. The molecule has 2 rings (SSSR count). The van der Waals surface area contributed by atoms with Crippen LogP contribution in [0.4, 0.5) is 11.4 Å². The van der Waals surface area contributed by atoms with Crippen LogP contribution in [0.2, 0.25) is 0 Å². The molecule has 1 atom stereocenters. The quantitative estimate of drug-likeness (QED) is 0.626. The fourth-order valence-corrected chi connectivity index (χ4v) is 3.21. The van der Waals surface area contributed by atoms with E-state index in [4.69, 9.17) is 9.47 Å². The lowest BCUT2D eigenvalue weighted by Gasteiger charge is -2.20. The average molecular weight is 399 g/mol. The number of hydrogen-bond acceptors (Lipinski definition) is 5. The predicted molar refractivity (Wildman–Crippen MR) is 115 cm³/mol. The molecule has 6 nitrogen and oxygen atoms in total. The number of benzene rings is 2. The van der Waals surface area contributed by atoms with Gasteiger partial charge in [0.25, 0.3) is 5.91 Å². The molecule has 0 aliphatic carbocycles. The highest BCUT2D eigenvalue weighted by atomic mass is 16.5. The van der Waals surface area contributed by atoms with Crippen molar-refractivity contribution >= 4 is 23.3 Å². The van der Waals surface area contributed by atoms with Crippen LogP contribution >= 0.6 is 0 Å². The molecule has 0 aliphatic heterocycles. The van der Waals surface area contributed by atoms with Crippen LogP contribution in [0, 0.1) is 0 Å². The van der Waals surface area contributed by atoms with Crippen LogP contribution < -0.4 is 10.1 Å². The van der Waals surface area contributed by atoms with E-state index in [1.807, 2.05) is 44.2 Å². The zero-order valence-electron chi connectivity index (χ0n) is 17.8. The van der Waals surface area contributed by atoms with E-state index in [2.05, 4.69) is 5.32 Å². The summed E-state index contributed by atoms with van der Waals surface area (Å²) < 4.78 is 10.7. The molecule has 0 saturated heterocycles. The van der Waals surface area contributed by atoms with Crippen molar-refractivity contribution in [3.05, 3.63) is 53.6 Å². The lowest BCUT2D eigenvalue weighted by atomic mass is 9.97. The fraction of sp³-hybridized carbons (Fsp3) is 0.391. The number of ether oxygens (including phenoxy) is 2. The molecule has 0 saturated carbocycles. The highest BCUT2D eigenvalue weighted by Gasteiger charge is 2.24. The molecule has 6 heteroatoms. The fourth-order valence-electron chi connectivity index (χ4n) is 3.21. The van der Waals surface area contributed by atoms with Crippen molar-refractivity contribution in [3.63, 3.8) is 0 Å². The van der Waals surface area contributed by atoms with Crippen molar-refractivity contribution in [1.29, 1.82) is 0 Å². The number of methoxy groups -OCH3 is 1. The second-order valence-corrected chi connectivity index (χ2v) is 6.58. The normalized spacial score (nSPS) is 11.5. The van der Waals surface area contributed by atoms with E-state index >= 15 is 0 Å². The minimum absolute atomic E-state index is 0.0135. The molecule has 0 bridgehead atoms. The molecular formula is C23H30N2O4. The van der Waals surface area contributed by atoms with Gasteiger partial charge in [-0.25, -0.2) is 0 Å². The maximum atomic E-state index is 12.5. The van der Waals surface area contributed by atoms with Crippen molar-refractivity contribution in [1.82, 2.24) is 4.90 Å². The van der Waals surface area contributed by atoms with Crippen molar-refractivity contribution in [2.75, 3.05) is 32.1 Å². The highest BCUT2D eigenvalue weighted by molar-refractivity contribution is 5.94. The van der Waals surface area contributed by atoms with Crippen molar-refractivity contribution in [3.8, 4) is 5.75 Å². The van der Waals surface area contributed by atoms with Crippen LogP contribution in [-0.2, 0) is 9.53 Å². The summed E-state index contributed by atoms with van der Waals surface area (Å²) in [5, 5.41) is 3.34. The molecular weight excluding hydrogens is 368 g/mol. The van der Waals surface area contributed by atoms with Gasteiger partial charge in [0.15, 0.2) is 0 Å². The van der Waals surface area contributed by atoms with Gasteiger partial charge in [-0.2, -0.15) is 0 Å². The molecule has 1 amide bonds. The van der Waals surface area contributed by atoms with E-state index in [0.29, 0.717) is 31.0 Å². The third-order valence-electron chi connectivity index (χ3n) is 4.82. The Morgan fingerprint density at radius 3 is 2.24 bits per heavy atom. The lowest BCUT2D eigenvalue weighted by molar-refractivity contribution is -0.144. The second-order valence-electron chi connectivity index (χ2n) is 6.58. The summed E-state index contributed by atoms with van der Waals surface area (Å²) in [4.78, 5) is 26.6. The average Bonchev–Trinajstić information content (AvgIpc) is 2.74. The molecule has 1 unspecified atom stereocenters. The molecule has 0 radical (unpaired) electrons. The summed E-state index contributed by atoms with van der Waals surface area (Å²) in [6, 6.07) is 12.9. The first-order valence-corrected chi connectivity index (χ1v) is 9.96. The first-order valence-electron chi connectivity index (χ1n) is 9.96. The first-order chi connectivity index (χ1) is 14.0. The number of esters is 1. The molecule has 0 spiro atoms. The molecule has 0 aliphatic rings. The number of carbonyl (C=O) groups is 2. The number of nitrogens with zero attached hydrogens (tertiary/aromatic N) is 1. The van der Waals surface area contributed by atoms with Gasteiger partial charge in [-0.1, -0.05) is 6.07 Å². The van der Waals surface area contributed by atoms with Crippen LogP contribution in [0.15, 0.2) is 42.5 Å². The molecule has 2 aromatic rings. The lowest BCUT2D eigenvalue weighted by Crippen LogP contribution is -2.30. The van der Waals surface area contributed by atoms with E-state index in [-0.39, 0.29) is 11.9 Å². The van der Waals surface area contributed by atoms with Gasteiger partial charge in [-0.05, 0) is 64.1 Å². The summed E-state index contributed by atoms with van der Waals surface area (Å²) >= 11 is 0. The van der Waals surface area contributed by atoms with Crippen LogP contribution in [0.25, 0.3) is 0 Å². The number of nitrogens with one attached hydrogen (secondary N) is 1. The van der Waals surface area contributed by atoms with Crippen molar-refractivity contribution < 1.29 is 19.1 Å². The van der Waals surface area contributed by atoms with E-state index in [1.54, 1.807) is 38.0 Å². The van der Waals surface area contributed by atoms with Gasteiger partial charge in [-0.15, -0.1) is 0 Å². The summed E-state index contributed by atoms with van der Waals surface area (Å²) in [5.41, 5.74) is 2.95. The number of amides is 1. The molecule has 0 fully saturated rings. The molecule has 1 N–H and O–H groups in total. The minimum Gasteiger partial charge on any atom is -0.496 e. The number of carbonyl (C=O) groups excluding carboxylic acids is 2. The standard InChI is InChI=1S/C23H30N2O4/c1-6-25(7-2)22(26)17-12-14-18(15-13-17)24-19-10-9-11-20(28-5)21(19)16(4)23(27)29-8-3/h9-16,24H,6-8H2,1-5H3. The van der Waals surface area contributed by atoms with E-state index in [1.165, 1.54) is 0 Å². The van der Waals surface area contributed by atoms with E-state index in [0.717, 1.165) is 16.9 Å². The third kappa shape index (κ3) is 5.28. The SMILES string of the molecule is CCOC(=O)C(C)c1c(Nc2ccc(C(=O)N(CC)CC)cc2)cccc1OC. The number of rotatable bonds is 9. The highest BCUT2D eigenvalue weighted by Crippen LogP contribution is 2.36. The van der Waals surface area contributed by atoms with Crippen molar-refractivity contribution in [2.24, 2.45) is 0 Å². The van der Waals surface area contributed by atoms with Crippen LogP contribution in [0.3, 0.4) is 0 Å². The topological polar surface area (TPSA) is 67.9 Å². The Hall–Kier alpha value is -3.02. The maximum absolute atomic E-state index is 12.5. The van der Waals surface area contributed by atoms with Gasteiger partial charge >= 0.3 is 5.97 Å². The van der Waals surface area contributed by atoms with E-state index < -0.39 is 5.92 Å². The largest absolute Gasteiger partial charge is 0.496 e. The van der Waals surface area contributed by atoms with Crippen LogP contribution in [0.1, 0.15) is 49.5 Å². The zero-order chi connectivity index (χ0) is 21.4. The predicted octanol–water partition coefficient (Wildman–Crippen LogP) is 4.59. The number of anilines is 2. The van der Waals surface area contributed by atoms with Gasteiger partial charge in [-0.3, -0.25) is 9.59 Å². The summed E-state index contributed by atoms with van der Waals surface area (Å²) in [7, 11) is 1.58. The molecule has 0 heterocycles. The maximum Gasteiger partial charge on any atom is 0.313 e. The molecule has 0 aromatic heterocycles. The summed E-state index contributed by atoms with van der Waals surface area (Å²) in [5.74, 6) is -0.166. The Balaban J connectivity index is 2.30. The first kappa shape index (κ1) is 22.3. The van der Waals surface area contributed by atoms with Crippen molar-refractivity contribution in [2.45, 2.75) is 33.6 Å². The van der Waals surface area contributed by atoms with E-state index in [9.17, 15) is 9.59 Å². The Labute approximate surface area is 172 Å². The Morgan fingerprint density at radius 2 is 1.69 bits per heavy atom. The molecule has 29 heavy (non-hydrogen) atoms. The van der Waals surface area contributed by atoms with Gasteiger partial charge in [0.1, 0.15) is 5.75 Å². The van der Waals surface area contributed by atoms with Gasteiger partial charge < -0.3 is 19.7 Å². The Kier molecular flexibility index (Phi) is 8.07. The number of hydrogen-bond donors (Lipinski definition) is 1. The second kappa shape index (κ2) is 10.5. The van der Waals surface area contributed by atoms with Gasteiger partial charge in [0.05, 0.1) is 19.6 Å². The van der Waals surface area contributed by atoms with Crippen LogP contribution in [0.5, 0.6) is 5.75 Å². The smallest absolute Gasteiger partial charge is 0.313 e. The van der Waals surface area contributed by atoms with Crippen LogP contribution in [-0.4, -0.2) is 43.6 Å². The Morgan fingerprint density at radius 1 is 1.03 bits per heavy atom. The summed E-state index contributed by atoms with van der Waals surface area (Å²) in [6.45, 7) is 9.18. The minimum atomic E-state index is -0.489. The Bertz CT molecular complexity index is 829. The van der Waals surface area contributed by atoms with Gasteiger partial charge in [0, 0.05) is 35.6 Å². The summed E-state index contributed by atoms with van der Waals surface area (Å²) in [6.07, 6.45) is 0.